The van der Waals surface area contributed by atoms with E-state index in [9.17, 15) is 9.59 Å². The van der Waals surface area contributed by atoms with Crippen molar-refractivity contribution in [2.75, 3.05) is 6.54 Å². The summed E-state index contributed by atoms with van der Waals surface area (Å²) in [4.78, 5) is 26.1. The normalized spacial score (nSPS) is 20.6. The van der Waals surface area contributed by atoms with E-state index in [0.29, 0.717) is 17.4 Å². The maximum absolute atomic E-state index is 12.6. The van der Waals surface area contributed by atoms with Crippen LogP contribution in [0.1, 0.15) is 38.8 Å². The Kier molecular flexibility index (Phi) is 4.88. The van der Waals surface area contributed by atoms with Crippen LogP contribution in [0.5, 0.6) is 0 Å². The molecule has 0 bridgehead atoms. The van der Waals surface area contributed by atoms with Crippen LogP contribution in [0, 0.1) is 5.92 Å². The van der Waals surface area contributed by atoms with Crippen molar-refractivity contribution in [2.24, 2.45) is 5.92 Å². The minimum Gasteiger partial charge on any atom is -0.343 e. The van der Waals surface area contributed by atoms with Crippen molar-refractivity contribution in [1.82, 2.24) is 10.2 Å². The molecule has 0 radical (unpaired) electrons. The van der Waals surface area contributed by atoms with Gasteiger partial charge in [-0.2, -0.15) is 0 Å². The highest BCUT2D eigenvalue weighted by molar-refractivity contribution is 6.30. The first-order valence-electron chi connectivity index (χ1n) is 7.23. The summed E-state index contributed by atoms with van der Waals surface area (Å²) in [5.74, 6) is 0.247. The molecule has 1 saturated heterocycles. The molecule has 4 nitrogen and oxygen atoms in total. The average molecular weight is 309 g/mol. The van der Waals surface area contributed by atoms with Crippen molar-refractivity contribution in [1.29, 1.82) is 0 Å². The van der Waals surface area contributed by atoms with E-state index >= 15 is 0 Å². The van der Waals surface area contributed by atoms with Crippen molar-refractivity contribution >= 4 is 23.4 Å². The molecule has 1 aliphatic heterocycles. The predicted molar refractivity (Wildman–Crippen MR) is 83.0 cm³/mol. The second-order valence-electron chi connectivity index (χ2n) is 5.94. The van der Waals surface area contributed by atoms with Crippen LogP contribution in [-0.4, -0.2) is 29.3 Å². The van der Waals surface area contributed by atoms with Crippen LogP contribution in [0.25, 0.3) is 0 Å². The van der Waals surface area contributed by atoms with E-state index in [-0.39, 0.29) is 24.4 Å². The highest BCUT2D eigenvalue weighted by Gasteiger charge is 2.35. The third kappa shape index (κ3) is 3.76. The molecular weight excluding hydrogens is 288 g/mol. The summed E-state index contributed by atoms with van der Waals surface area (Å²) in [7, 11) is 0. The van der Waals surface area contributed by atoms with Gasteiger partial charge in [-0.1, -0.05) is 37.6 Å². The van der Waals surface area contributed by atoms with Crippen LogP contribution >= 0.6 is 11.6 Å². The summed E-state index contributed by atoms with van der Waals surface area (Å²) in [5.41, 5.74) is 0.978. The molecule has 0 saturated carbocycles. The van der Waals surface area contributed by atoms with Crippen molar-refractivity contribution in [2.45, 2.75) is 39.3 Å². The van der Waals surface area contributed by atoms with Crippen molar-refractivity contribution in [3.8, 4) is 0 Å². The van der Waals surface area contributed by atoms with Crippen molar-refractivity contribution in [3.05, 3.63) is 34.9 Å². The van der Waals surface area contributed by atoms with Gasteiger partial charge in [0.15, 0.2) is 0 Å². The molecule has 21 heavy (non-hydrogen) atoms. The molecule has 0 aromatic heterocycles. The van der Waals surface area contributed by atoms with Gasteiger partial charge >= 0.3 is 0 Å². The summed E-state index contributed by atoms with van der Waals surface area (Å²) < 4.78 is 0. The Morgan fingerprint density at radius 1 is 1.24 bits per heavy atom. The fourth-order valence-corrected chi connectivity index (χ4v) is 2.74. The third-order valence-electron chi connectivity index (χ3n) is 3.76. The Morgan fingerprint density at radius 3 is 2.43 bits per heavy atom. The molecule has 0 spiro atoms. The average Bonchev–Trinajstić information content (AvgIpc) is 2.42. The maximum atomic E-state index is 12.6. The molecule has 114 valence electrons. The summed E-state index contributed by atoms with van der Waals surface area (Å²) in [6.45, 7) is 6.13. The van der Waals surface area contributed by atoms with Crippen molar-refractivity contribution in [3.63, 3.8) is 0 Å². The molecule has 1 aliphatic rings. The van der Waals surface area contributed by atoms with Crippen LogP contribution in [0.2, 0.25) is 5.02 Å². The number of halogens is 1. The number of benzene rings is 1. The minimum atomic E-state index is -0.416. The molecule has 1 heterocycles. The van der Waals surface area contributed by atoms with E-state index in [0.717, 1.165) is 5.56 Å². The highest BCUT2D eigenvalue weighted by Crippen LogP contribution is 2.25. The standard InChI is InChI=1S/C16H21ClN2O2/c1-10(2)8-14-16(21)19(9-15(20)18-14)11(3)12-4-6-13(17)7-5-12/h4-7,10-11,14H,8-9H2,1-3H3,(H,18,20). The summed E-state index contributed by atoms with van der Waals surface area (Å²) in [6, 6.07) is 6.83. The number of nitrogens with zero attached hydrogens (tertiary/aromatic N) is 1. The lowest BCUT2D eigenvalue weighted by atomic mass is 9.98. The monoisotopic (exact) mass is 308 g/mol. The number of hydrogen-bond acceptors (Lipinski definition) is 2. The number of piperazine rings is 1. The van der Waals surface area contributed by atoms with Crippen LogP contribution in [0.4, 0.5) is 0 Å². The van der Waals surface area contributed by atoms with E-state index in [1.165, 1.54) is 0 Å². The van der Waals surface area contributed by atoms with E-state index in [1.807, 2.05) is 32.9 Å². The van der Waals surface area contributed by atoms with Gasteiger partial charge < -0.3 is 10.2 Å². The molecular formula is C16H21ClN2O2. The zero-order chi connectivity index (χ0) is 15.6. The lowest BCUT2D eigenvalue weighted by Gasteiger charge is -2.37. The smallest absolute Gasteiger partial charge is 0.246 e. The van der Waals surface area contributed by atoms with Gasteiger partial charge in [0.2, 0.25) is 11.8 Å². The Labute approximate surface area is 130 Å². The molecule has 2 rings (SSSR count). The van der Waals surface area contributed by atoms with E-state index in [2.05, 4.69) is 5.32 Å². The SMILES string of the molecule is CC(C)CC1NC(=O)CN(C(C)c2ccc(Cl)cc2)C1=O. The van der Waals surface area contributed by atoms with Gasteiger partial charge in [0.25, 0.3) is 0 Å². The summed E-state index contributed by atoms with van der Waals surface area (Å²) in [5, 5.41) is 3.45. The Hall–Kier alpha value is -1.55. The second-order valence-corrected chi connectivity index (χ2v) is 6.38. The van der Waals surface area contributed by atoms with Crippen LogP contribution in [-0.2, 0) is 9.59 Å². The minimum absolute atomic E-state index is 0.00856. The van der Waals surface area contributed by atoms with Crippen LogP contribution < -0.4 is 5.32 Å². The number of carbonyl (C=O) groups is 2. The molecule has 1 aromatic carbocycles. The Balaban J connectivity index is 2.18. The Bertz CT molecular complexity index is 528. The number of carbonyl (C=O) groups excluding carboxylic acids is 2. The summed E-state index contributed by atoms with van der Waals surface area (Å²) >= 11 is 5.89. The van der Waals surface area contributed by atoms with E-state index in [1.54, 1.807) is 17.0 Å². The van der Waals surface area contributed by atoms with Crippen LogP contribution in [0.15, 0.2) is 24.3 Å². The van der Waals surface area contributed by atoms with Crippen molar-refractivity contribution < 1.29 is 9.59 Å². The Morgan fingerprint density at radius 2 is 1.86 bits per heavy atom. The second kappa shape index (κ2) is 6.48. The maximum Gasteiger partial charge on any atom is 0.246 e. The lowest BCUT2D eigenvalue weighted by molar-refractivity contribution is -0.146. The first kappa shape index (κ1) is 15.8. The number of amides is 2. The van der Waals surface area contributed by atoms with Gasteiger partial charge in [0, 0.05) is 5.02 Å². The molecule has 1 fully saturated rings. The molecule has 0 aliphatic carbocycles. The highest BCUT2D eigenvalue weighted by atomic mass is 35.5. The molecule has 1 aromatic rings. The van der Waals surface area contributed by atoms with Gasteiger partial charge in [-0.05, 0) is 37.0 Å². The molecule has 5 heteroatoms. The molecule has 1 N–H and O–H groups in total. The van der Waals surface area contributed by atoms with E-state index < -0.39 is 6.04 Å². The first-order valence-corrected chi connectivity index (χ1v) is 7.61. The van der Waals surface area contributed by atoms with Gasteiger partial charge in [0.1, 0.15) is 12.6 Å². The molecule has 2 atom stereocenters. The fraction of sp³-hybridized carbons (Fsp3) is 0.500. The molecule has 2 unspecified atom stereocenters. The van der Waals surface area contributed by atoms with Gasteiger partial charge in [-0.3, -0.25) is 9.59 Å². The van der Waals surface area contributed by atoms with E-state index in [4.69, 9.17) is 11.6 Å². The number of rotatable bonds is 4. The zero-order valence-corrected chi connectivity index (χ0v) is 13.4. The quantitative estimate of drug-likeness (QED) is 0.930. The number of nitrogens with one attached hydrogen (secondary N) is 1. The van der Waals surface area contributed by atoms with Crippen LogP contribution in [0.3, 0.4) is 0 Å². The predicted octanol–water partition coefficient (Wildman–Crippen LogP) is 2.77. The zero-order valence-electron chi connectivity index (χ0n) is 12.6. The number of hydrogen-bond donors (Lipinski definition) is 1. The largest absolute Gasteiger partial charge is 0.343 e. The lowest BCUT2D eigenvalue weighted by Crippen LogP contribution is -2.58. The third-order valence-corrected chi connectivity index (χ3v) is 4.01. The van der Waals surface area contributed by atoms with Gasteiger partial charge in [-0.25, -0.2) is 0 Å². The van der Waals surface area contributed by atoms with Gasteiger partial charge in [0.05, 0.1) is 6.04 Å². The van der Waals surface area contributed by atoms with Gasteiger partial charge in [-0.15, -0.1) is 0 Å². The molecule has 2 amide bonds. The first-order chi connectivity index (χ1) is 9.88. The fourth-order valence-electron chi connectivity index (χ4n) is 2.61. The topological polar surface area (TPSA) is 49.4 Å². The summed E-state index contributed by atoms with van der Waals surface area (Å²) in [6.07, 6.45) is 0.661.